The molecular formula is C19H26N2O. The molecule has 0 radical (unpaired) electrons. The van der Waals surface area contributed by atoms with Crippen molar-refractivity contribution in [2.75, 3.05) is 19.6 Å². The highest BCUT2D eigenvalue weighted by molar-refractivity contribution is 5.77. The minimum Gasteiger partial charge on any atom is -0.334 e. The number of amides is 1. The fraction of sp³-hybridized carbons (Fsp3) is 0.526. The minimum absolute atomic E-state index is 0.337. The maximum atomic E-state index is 12.1. The molecule has 3 rings (SSSR count). The summed E-state index contributed by atoms with van der Waals surface area (Å²) in [4.78, 5) is 16.8. The third-order valence-electron chi connectivity index (χ3n) is 4.83. The third-order valence-corrected chi connectivity index (χ3v) is 4.83. The van der Waals surface area contributed by atoms with Crippen molar-refractivity contribution in [2.24, 2.45) is 0 Å². The summed E-state index contributed by atoms with van der Waals surface area (Å²) in [5, 5.41) is 0. The maximum absolute atomic E-state index is 12.1. The van der Waals surface area contributed by atoms with Crippen LogP contribution in [0.25, 0.3) is 6.08 Å². The number of fused-ring (bicyclic) bond motifs is 2. The van der Waals surface area contributed by atoms with Gasteiger partial charge < -0.3 is 4.90 Å². The maximum Gasteiger partial charge on any atom is 0.222 e. The number of piperazine rings is 1. The molecular weight excluding hydrogens is 272 g/mol. The van der Waals surface area contributed by atoms with Crippen LogP contribution >= 0.6 is 0 Å². The number of rotatable bonds is 4. The van der Waals surface area contributed by atoms with Gasteiger partial charge in [0.05, 0.1) is 0 Å². The average Bonchev–Trinajstić information content (AvgIpc) is 2.78. The lowest BCUT2D eigenvalue weighted by Crippen LogP contribution is -2.55. The molecule has 2 aliphatic heterocycles. The second kappa shape index (κ2) is 6.66. The van der Waals surface area contributed by atoms with Crippen LogP contribution < -0.4 is 0 Å². The minimum atomic E-state index is 0.337. The Morgan fingerprint density at radius 2 is 1.82 bits per heavy atom. The average molecular weight is 298 g/mol. The van der Waals surface area contributed by atoms with Gasteiger partial charge in [-0.1, -0.05) is 48.9 Å². The molecule has 0 aliphatic carbocycles. The first kappa shape index (κ1) is 15.3. The van der Waals surface area contributed by atoms with Crippen LogP contribution in [0.5, 0.6) is 0 Å². The molecule has 3 heteroatoms. The van der Waals surface area contributed by atoms with E-state index in [1.165, 1.54) is 24.0 Å². The van der Waals surface area contributed by atoms with Gasteiger partial charge in [0.25, 0.3) is 0 Å². The first-order chi connectivity index (χ1) is 10.7. The molecule has 2 saturated heterocycles. The van der Waals surface area contributed by atoms with Crippen molar-refractivity contribution in [1.82, 2.24) is 9.80 Å². The van der Waals surface area contributed by atoms with Gasteiger partial charge in [0.1, 0.15) is 0 Å². The lowest BCUT2D eigenvalue weighted by atomic mass is 10.1. The van der Waals surface area contributed by atoms with E-state index in [4.69, 9.17) is 0 Å². The standard InChI is InChI=1S/C19H26N2O/c1-3-19(22)21-17-9-10-18(21)14-20(13-17)12-15(2)11-16-7-5-4-6-8-16/h4-8,11,17-18H,3,9-10,12-14H2,1-2H3/b15-11+/t17-,18-/m1/s1. The lowest BCUT2D eigenvalue weighted by Gasteiger charge is -2.41. The van der Waals surface area contributed by atoms with E-state index in [0.29, 0.717) is 24.4 Å². The summed E-state index contributed by atoms with van der Waals surface area (Å²) in [6, 6.07) is 11.4. The molecule has 2 aliphatic rings. The number of benzene rings is 1. The molecule has 0 saturated carbocycles. The number of hydrogen-bond acceptors (Lipinski definition) is 2. The predicted molar refractivity (Wildman–Crippen MR) is 90.5 cm³/mol. The van der Waals surface area contributed by atoms with Crippen LogP contribution in [0.4, 0.5) is 0 Å². The number of nitrogens with zero attached hydrogens (tertiary/aromatic N) is 2. The van der Waals surface area contributed by atoms with Crippen molar-refractivity contribution in [3.05, 3.63) is 41.5 Å². The van der Waals surface area contributed by atoms with E-state index < -0.39 is 0 Å². The zero-order valence-corrected chi connectivity index (χ0v) is 13.7. The summed E-state index contributed by atoms with van der Waals surface area (Å²) in [7, 11) is 0. The summed E-state index contributed by atoms with van der Waals surface area (Å²) in [6.07, 6.45) is 5.26. The van der Waals surface area contributed by atoms with Gasteiger partial charge in [-0.25, -0.2) is 0 Å². The molecule has 22 heavy (non-hydrogen) atoms. The van der Waals surface area contributed by atoms with Crippen LogP contribution in [0.3, 0.4) is 0 Å². The predicted octanol–water partition coefficient (Wildman–Crippen LogP) is 3.18. The molecule has 1 aromatic carbocycles. The molecule has 2 bridgehead atoms. The Morgan fingerprint density at radius 3 is 2.41 bits per heavy atom. The van der Waals surface area contributed by atoms with Gasteiger partial charge in [-0.15, -0.1) is 0 Å². The van der Waals surface area contributed by atoms with Crippen molar-refractivity contribution < 1.29 is 4.79 Å². The van der Waals surface area contributed by atoms with Gasteiger partial charge in [0.2, 0.25) is 5.91 Å². The van der Waals surface area contributed by atoms with Crippen LogP contribution in [0.2, 0.25) is 0 Å². The smallest absolute Gasteiger partial charge is 0.222 e. The van der Waals surface area contributed by atoms with Crippen molar-refractivity contribution in [1.29, 1.82) is 0 Å². The SMILES string of the molecule is CCC(=O)N1[C@@H]2CC[C@@H]1CN(C/C(C)=C/c1ccccc1)C2. The van der Waals surface area contributed by atoms with E-state index in [-0.39, 0.29) is 0 Å². The van der Waals surface area contributed by atoms with E-state index >= 15 is 0 Å². The van der Waals surface area contributed by atoms with Gasteiger partial charge in [-0.2, -0.15) is 0 Å². The van der Waals surface area contributed by atoms with Crippen LogP contribution in [0.1, 0.15) is 38.7 Å². The molecule has 0 aromatic heterocycles. The Labute approximate surface area is 133 Å². The first-order valence-electron chi connectivity index (χ1n) is 8.43. The fourth-order valence-electron chi connectivity index (χ4n) is 3.94. The molecule has 2 atom stereocenters. The molecule has 0 unspecified atom stereocenters. The second-order valence-corrected chi connectivity index (χ2v) is 6.64. The Bertz CT molecular complexity index is 538. The third kappa shape index (κ3) is 3.25. The molecule has 3 nitrogen and oxygen atoms in total. The monoisotopic (exact) mass is 298 g/mol. The van der Waals surface area contributed by atoms with Gasteiger partial charge in [0, 0.05) is 38.1 Å². The van der Waals surface area contributed by atoms with E-state index in [2.05, 4.69) is 47.1 Å². The highest BCUT2D eigenvalue weighted by Crippen LogP contribution is 2.31. The van der Waals surface area contributed by atoms with Gasteiger partial charge in [-0.05, 0) is 25.3 Å². The Hall–Kier alpha value is -1.61. The quantitative estimate of drug-likeness (QED) is 0.852. The summed E-state index contributed by atoms with van der Waals surface area (Å²) in [5.41, 5.74) is 2.66. The molecule has 118 valence electrons. The van der Waals surface area contributed by atoms with E-state index in [1.807, 2.05) is 13.0 Å². The van der Waals surface area contributed by atoms with Crippen LogP contribution in [-0.2, 0) is 4.79 Å². The summed E-state index contributed by atoms with van der Waals surface area (Å²) in [5.74, 6) is 0.337. The number of carbonyl (C=O) groups is 1. The molecule has 2 heterocycles. The topological polar surface area (TPSA) is 23.6 Å². The molecule has 0 N–H and O–H groups in total. The van der Waals surface area contributed by atoms with E-state index in [1.54, 1.807) is 0 Å². The zero-order chi connectivity index (χ0) is 15.5. The van der Waals surface area contributed by atoms with Crippen molar-refractivity contribution in [3.8, 4) is 0 Å². The highest BCUT2D eigenvalue weighted by atomic mass is 16.2. The molecule has 2 fully saturated rings. The number of likely N-dealkylation sites (tertiary alicyclic amines) is 1. The van der Waals surface area contributed by atoms with Crippen molar-refractivity contribution >= 4 is 12.0 Å². The summed E-state index contributed by atoms with van der Waals surface area (Å²) < 4.78 is 0. The zero-order valence-electron chi connectivity index (χ0n) is 13.7. The molecule has 1 amide bonds. The van der Waals surface area contributed by atoms with E-state index in [9.17, 15) is 4.79 Å². The van der Waals surface area contributed by atoms with Gasteiger partial charge in [-0.3, -0.25) is 9.69 Å². The van der Waals surface area contributed by atoms with Crippen molar-refractivity contribution in [3.63, 3.8) is 0 Å². The second-order valence-electron chi connectivity index (χ2n) is 6.64. The van der Waals surface area contributed by atoms with Crippen LogP contribution in [-0.4, -0.2) is 47.4 Å². The van der Waals surface area contributed by atoms with Crippen LogP contribution in [0, 0.1) is 0 Å². The largest absolute Gasteiger partial charge is 0.334 e. The van der Waals surface area contributed by atoms with Crippen LogP contribution in [0.15, 0.2) is 35.9 Å². The number of hydrogen-bond donors (Lipinski definition) is 0. The Morgan fingerprint density at radius 1 is 1.18 bits per heavy atom. The highest BCUT2D eigenvalue weighted by Gasteiger charge is 2.41. The Kier molecular flexibility index (Phi) is 4.63. The number of carbonyl (C=O) groups excluding carboxylic acids is 1. The molecule has 1 aromatic rings. The lowest BCUT2D eigenvalue weighted by molar-refractivity contribution is -0.136. The van der Waals surface area contributed by atoms with E-state index in [0.717, 1.165) is 19.6 Å². The van der Waals surface area contributed by atoms with Crippen molar-refractivity contribution in [2.45, 2.75) is 45.2 Å². The summed E-state index contributed by atoms with van der Waals surface area (Å²) in [6.45, 7) is 7.25. The normalized spacial score (nSPS) is 25.5. The van der Waals surface area contributed by atoms with Gasteiger partial charge >= 0.3 is 0 Å². The summed E-state index contributed by atoms with van der Waals surface area (Å²) >= 11 is 0. The molecule has 0 spiro atoms. The fourth-order valence-corrected chi connectivity index (χ4v) is 3.94. The Balaban J connectivity index is 1.62. The first-order valence-corrected chi connectivity index (χ1v) is 8.43. The van der Waals surface area contributed by atoms with Gasteiger partial charge in [0.15, 0.2) is 0 Å².